The number of rotatable bonds is 8. The number of hydrogen-bond donors (Lipinski definition) is 0. The first-order chi connectivity index (χ1) is 12.1. The fourth-order valence-electron chi connectivity index (χ4n) is 2.27. The maximum absolute atomic E-state index is 12.8. The van der Waals surface area contributed by atoms with Crippen LogP contribution in [0, 0.1) is 0 Å². The molecule has 7 heteroatoms. The van der Waals surface area contributed by atoms with Gasteiger partial charge in [-0.15, -0.1) is 0 Å². The molecule has 0 amide bonds. The van der Waals surface area contributed by atoms with Crippen LogP contribution in [0.3, 0.4) is 0 Å². The second kappa shape index (κ2) is 8.36. The molecule has 2 nitrogen and oxygen atoms in total. The zero-order chi connectivity index (χ0) is 17.3. The standard InChI is InChI=1S/C18H18O2S3Te2/c19-23(20,15-1-5-17(6-2-15)24-11-13-9-21-13)16-3-7-18(8-4-16)25-12-14-10-22-14/h1-8,13-14H,9-12H2. The average Bonchev–Trinajstić information content (AvgIpc) is 3.54. The SMILES string of the molecule is O=S(=O)(c1ccc([Te]CC2CS2)cc1)c1ccc([Te]CC2CS2)cc1. The fraction of sp³-hybridized carbons (Fsp3) is 0.333. The fourth-order valence-corrected chi connectivity index (χ4v) is 12.4. The molecule has 0 bridgehead atoms. The summed E-state index contributed by atoms with van der Waals surface area (Å²) in [6.07, 6.45) is 0. The monoisotopic (exact) mass is 622 g/mol. The summed E-state index contributed by atoms with van der Waals surface area (Å²) in [4.78, 5) is 0.839. The summed E-state index contributed by atoms with van der Waals surface area (Å²) in [6, 6.07) is 15.3. The molecule has 2 aliphatic heterocycles. The van der Waals surface area contributed by atoms with Crippen molar-refractivity contribution in [2.75, 3.05) is 11.5 Å². The van der Waals surface area contributed by atoms with Crippen molar-refractivity contribution in [3.63, 3.8) is 0 Å². The Hall–Kier alpha value is 0.669. The predicted molar refractivity (Wildman–Crippen MR) is 111 cm³/mol. The van der Waals surface area contributed by atoms with Crippen molar-refractivity contribution < 1.29 is 8.42 Å². The minimum atomic E-state index is -3.39. The normalized spacial score (nSPS) is 21.9. The summed E-state index contributed by atoms with van der Waals surface area (Å²) in [5.74, 6) is 2.63. The summed E-state index contributed by atoms with van der Waals surface area (Å²) in [5.41, 5.74) is 0. The topological polar surface area (TPSA) is 34.1 Å². The van der Waals surface area contributed by atoms with Gasteiger partial charge in [-0.05, 0) is 0 Å². The first-order valence-corrected chi connectivity index (χ1v) is 17.3. The van der Waals surface area contributed by atoms with E-state index in [4.69, 9.17) is 0 Å². The van der Waals surface area contributed by atoms with E-state index in [2.05, 4.69) is 0 Å². The van der Waals surface area contributed by atoms with Gasteiger partial charge in [0.15, 0.2) is 0 Å². The molecule has 2 atom stereocenters. The molecule has 0 aliphatic carbocycles. The van der Waals surface area contributed by atoms with E-state index < -0.39 is 9.84 Å². The van der Waals surface area contributed by atoms with Crippen LogP contribution in [0.2, 0.25) is 8.94 Å². The molecule has 0 N–H and O–H groups in total. The van der Waals surface area contributed by atoms with E-state index in [-0.39, 0.29) is 41.8 Å². The Morgan fingerprint density at radius 3 is 1.44 bits per heavy atom. The molecule has 0 aromatic heterocycles. The first-order valence-electron chi connectivity index (χ1n) is 8.05. The van der Waals surface area contributed by atoms with Crippen LogP contribution in [-0.4, -0.2) is 72.3 Å². The number of sulfone groups is 1. The molecule has 2 fully saturated rings. The maximum atomic E-state index is 12.8. The molecule has 2 aromatic carbocycles. The summed E-state index contributed by atoms with van der Waals surface area (Å²) in [6.45, 7) is 0. The Bertz CT molecular complexity index is 762. The van der Waals surface area contributed by atoms with E-state index >= 15 is 0 Å². The van der Waals surface area contributed by atoms with Crippen LogP contribution in [0.4, 0.5) is 0 Å². The molecule has 25 heavy (non-hydrogen) atoms. The van der Waals surface area contributed by atoms with Gasteiger partial charge in [0.2, 0.25) is 0 Å². The molecule has 132 valence electrons. The van der Waals surface area contributed by atoms with Crippen molar-refractivity contribution in [3.05, 3.63) is 48.5 Å². The second-order valence-electron chi connectivity index (χ2n) is 5.98. The zero-order valence-electron chi connectivity index (χ0n) is 13.5. The quantitative estimate of drug-likeness (QED) is 0.337. The van der Waals surface area contributed by atoms with Gasteiger partial charge in [-0.3, -0.25) is 0 Å². The van der Waals surface area contributed by atoms with Crippen LogP contribution in [0.25, 0.3) is 0 Å². The Kier molecular flexibility index (Phi) is 6.35. The number of thioether (sulfide) groups is 2. The zero-order valence-corrected chi connectivity index (χ0v) is 20.6. The van der Waals surface area contributed by atoms with Crippen molar-refractivity contribution >= 4 is 82.4 Å². The molecule has 4 rings (SSSR count). The van der Waals surface area contributed by atoms with Crippen molar-refractivity contribution in [2.24, 2.45) is 0 Å². The summed E-state index contributed by atoms with van der Waals surface area (Å²) in [7, 11) is -3.39. The van der Waals surface area contributed by atoms with Crippen LogP contribution in [0.1, 0.15) is 0 Å². The average molecular weight is 618 g/mol. The summed E-state index contributed by atoms with van der Waals surface area (Å²) in [5, 5.41) is 1.76. The molecule has 0 spiro atoms. The van der Waals surface area contributed by atoms with Gasteiger partial charge in [0.25, 0.3) is 0 Å². The minimum absolute atomic E-state index is 0.163. The molecule has 2 heterocycles. The Morgan fingerprint density at radius 2 is 1.12 bits per heavy atom. The molecule has 2 unspecified atom stereocenters. The number of benzene rings is 2. The van der Waals surface area contributed by atoms with E-state index in [1.807, 2.05) is 47.8 Å². The van der Waals surface area contributed by atoms with Gasteiger partial charge in [0, 0.05) is 0 Å². The third-order valence-electron chi connectivity index (χ3n) is 3.94. The van der Waals surface area contributed by atoms with Gasteiger partial charge in [-0.25, -0.2) is 0 Å². The van der Waals surface area contributed by atoms with Gasteiger partial charge in [-0.1, -0.05) is 0 Å². The van der Waals surface area contributed by atoms with E-state index in [1.54, 1.807) is 24.3 Å². The third kappa shape index (κ3) is 5.35. The summed E-state index contributed by atoms with van der Waals surface area (Å²) >= 11 is 3.75. The Balaban J connectivity index is 1.43. The number of hydrogen-bond acceptors (Lipinski definition) is 4. The van der Waals surface area contributed by atoms with Gasteiger partial charge < -0.3 is 0 Å². The Labute approximate surface area is 178 Å². The second-order valence-corrected chi connectivity index (χ2v) is 16.8. The van der Waals surface area contributed by atoms with Crippen LogP contribution < -0.4 is 7.22 Å². The van der Waals surface area contributed by atoms with Crippen LogP contribution in [-0.2, 0) is 9.84 Å². The molecule has 2 saturated heterocycles. The van der Waals surface area contributed by atoms with Gasteiger partial charge in [-0.2, -0.15) is 0 Å². The Morgan fingerprint density at radius 1 is 0.760 bits per heavy atom. The van der Waals surface area contributed by atoms with Crippen molar-refractivity contribution in [3.8, 4) is 0 Å². The molecule has 0 saturated carbocycles. The summed E-state index contributed by atoms with van der Waals surface area (Å²) < 4.78 is 31.0. The third-order valence-corrected chi connectivity index (χ3v) is 15.7. The van der Waals surface area contributed by atoms with Crippen molar-refractivity contribution in [1.82, 2.24) is 0 Å². The van der Waals surface area contributed by atoms with Crippen LogP contribution in [0.5, 0.6) is 0 Å². The van der Waals surface area contributed by atoms with Gasteiger partial charge in [0.05, 0.1) is 0 Å². The van der Waals surface area contributed by atoms with Crippen molar-refractivity contribution in [2.45, 2.75) is 29.2 Å². The van der Waals surface area contributed by atoms with E-state index in [1.165, 1.54) is 27.7 Å². The van der Waals surface area contributed by atoms with E-state index in [9.17, 15) is 8.42 Å². The molecule has 0 radical (unpaired) electrons. The van der Waals surface area contributed by atoms with Gasteiger partial charge >= 0.3 is 180 Å². The molecular weight excluding hydrogens is 600 g/mol. The van der Waals surface area contributed by atoms with Crippen LogP contribution >= 0.6 is 23.5 Å². The molecule has 2 aromatic rings. The molecule has 2 aliphatic rings. The van der Waals surface area contributed by atoms with Gasteiger partial charge in [0.1, 0.15) is 0 Å². The van der Waals surface area contributed by atoms with E-state index in [0.29, 0.717) is 9.79 Å². The van der Waals surface area contributed by atoms with Crippen LogP contribution in [0.15, 0.2) is 58.3 Å². The van der Waals surface area contributed by atoms with E-state index in [0.717, 1.165) is 10.5 Å². The van der Waals surface area contributed by atoms with Crippen molar-refractivity contribution in [1.29, 1.82) is 0 Å². The molecular formula is C18H18O2S3Te2. The predicted octanol–water partition coefficient (Wildman–Crippen LogP) is 2.25. The first kappa shape index (κ1) is 19.0.